The minimum atomic E-state index is -0.295. The molecule has 5 nitrogen and oxygen atoms in total. The van der Waals surface area contributed by atoms with Crippen molar-refractivity contribution < 1.29 is 8.91 Å². The van der Waals surface area contributed by atoms with E-state index in [0.717, 1.165) is 16.5 Å². The van der Waals surface area contributed by atoms with Crippen molar-refractivity contribution in [2.45, 2.75) is 6.54 Å². The smallest absolute Gasteiger partial charge is 0.156 e. The number of pyridine rings is 1. The quantitative estimate of drug-likeness (QED) is 0.502. The molecule has 26 heavy (non-hydrogen) atoms. The van der Waals surface area contributed by atoms with Gasteiger partial charge in [-0.1, -0.05) is 35.0 Å². The van der Waals surface area contributed by atoms with E-state index in [4.69, 9.17) is 21.9 Å². The summed E-state index contributed by atoms with van der Waals surface area (Å²) in [5.41, 5.74) is 9.31. The molecule has 3 N–H and O–H groups in total. The number of halogens is 2. The maximum absolute atomic E-state index is 13.0. The molecule has 7 heteroatoms. The van der Waals surface area contributed by atoms with Gasteiger partial charge in [-0.05, 0) is 30.3 Å². The molecule has 0 atom stereocenters. The second-order valence-corrected chi connectivity index (χ2v) is 6.11. The zero-order valence-corrected chi connectivity index (χ0v) is 14.3. The number of para-hydroxylation sites is 1. The molecule has 0 aliphatic rings. The van der Waals surface area contributed by atoms with E-state index in [2.05, 4.69) is 15.5 Å². The van der Waals surface area contributed by atoms with Gasteiger partial charge < -0.3 is 15.6 Å². The number of nitrogens with two attached hydrogens (primary N) is 1. The Morgan fingerprint density at radius 1 is 1.12 bits per heavy atom. The van der Waals surface area contributed by atoms with Crippen LogP contribution in [0.5, 0.6) is 0 Å². The van der Waals surface area contributed by atoms with Crippen LogP contribution in [0.25, 0.3) is 22.2 Å². The van der Waals surface area contributed by atoms with Crippen molar-refractivity contribution in [1.29, 1.82) is 0 Å². The molecular formula is C19H14ClFN4O. The second kappa shape index (κ2) is 6.65. The van der Waals surface area contributed by atoms with Crippen LogP contribution in [0.15, 0.2) is 59.1 Å². The third-order valence-electron chi connectivity index (χ3n) is 4.02. The van der Waals surface area contributed by atoms with Gasteiger partial charge in [-0.15, -0.1) is 0 Å². The summed E-state index contributed by atoms with van der Waals surface area (Å²) in [5.74, 6) is 0.316. The molecule has 0 aliphatic carbocycles. The highest BCUT2D eigenvalue weighted by molar-refractivity contribution is 6.33. The number of nitrogens with one attached hydrogen (secondary N) is 1. The third-order valence-corrected chi connectivity index (χ3v) is 4.31. The van der Waals surface area contributed by atoms with E-state index >= 15 is 0 Å². The predicted molar refractivity (Wildman–Crippen MR) is 100 cm³/mol. The molecule has 0 fully saturated rings. The first-order valence-corrected chi connectivity index (χ1v) is 8.29. The van der Waals surface area contributed by atoms with Crippen molar-refractivity contribution in [2.24, 2.45) is 0 Å². The molecule has 0 amide bonds. The topological polar surface area (TPSA) is 77.0 Å². The molecule has 0 saturated carbocycles. The van der Waals surface area contributed by atoms with Gasteiger partial charge in [0.05, 0.1) is 23.4 Å². The van der Waals surface area contributed by atoms with Gasteiger partial charge in [-0.3, -0.25) is 0 Å². The summed E-state index contributed by atoms with van der Waals surface area (Å²) in [6, 6.07) is 15.4. The molecule has 2 aromatic carbocycles. The lowest BCUT2D eigenvalue weighted by Gasteiger charge is -2.12. The SMILES string of the molecule is Nc1c(Cl)nc2ccccc2c1NCc1cc(-c2ccc(F)cc2)no1. The Hall–Kier alpha value is -3.12. The van der Waals surface area contributed by atoms with E-state index in [1.165, 1.54) is 12.1 Å². The Morgan fingerprint density at radius 2 is 1.88 bits per heavy atom. The average molecular weight is 369 g/mol. The van der Waals surface area contributed by atoms with Crippen molar-refractivity contribution >= 4 is 33.9 Å². The van der Waals surface area contributed by atoms with Gasteiger partial charge >= 0.3 is 0 Å². The summed E-state index contributed by atoms with van der Waals surface area (Å²) in [4.78, 5) is 4.28. The van der Waals surface area contributed by atoms with Crippen molar-refractivity contribution in [1.82, 2.24) is 10.1 Å². The van der Waals surface area contributed by atoms with Gasteiger partial charge in [-0.2, -0.15) is 0 Å². The van der Waals surface area contributed by atoms with Crippen LogP contribution in [0.3, 0.4) is 0 Å². The molecule has 0 radical (unpaired) electrons. The Kier molecular flexibility index (Phi) is 4.18. The molecule has 0 aliphatic heterocycles. The van der Waals surface area contributed by atoms with Crippen molar-refractivity contribution in [3.8, 4) is 11.3 Å². The number of aromatic nitrogens is 2. The van der Waals surface area contributed by atoms with Crippen LogP contribution in [0.2, 0.25) is 5.15 Å². The van der Waals surface area contributed by atoms with E-state index in [9.17, 15) is 4.39 Å². The molecule has 0 spiro atoms. The zero-order chi connectivity index (χ0) is 18.1. The molecule has 2 heterocycles. The standard InChI is InChI=1S/C19H14ClFN4O/c20-19-17(22)18(14-3-1-2-4-15(14)24-19)23-10-13-9-16(25-26-13)11-5-7-12(21)8-6-11/h1-9H,10,22H2,(H,23,24). The molecule has 130 valence electrons. The van der Waals surface area contributed by atoms with Crippen LogP contribution in [0, 0.1) is 5.82 Å². The molecule has 4 aromatic rings. The summed E-state index contributed by atoms with van der Waals surface area (Å²) in [7, 11) is 0. The second-order valence-electron chi connectivity index (χ2n) is 5.75. The van der Waals surface area contributed by atoms with Crippen LogP contribution < -0.4 is 11.1 Å². The highest BCUT2D eigenvalue weighted by Crippen LogP contribution is 2.33. The predicted octanol–water partition coefficient (Wildman–Crippen LogP) is 4.88. The highest BCUT2D eigenvalue weighted by atomic mass is 35.5. The van der Waals surface area contributed by atoms with E-state index in [1.54, 1.807) is 18.2 Å². The summed E-state index contributed by atoms with van der Waals surface area (Å²) >= 11 is 6.13. The number of nitrogens with zero attached hydrogens (tertiary/aromatic N) is 2. The number of nitrogen functional groups attached to an aromatic ring is 1. The van der Waals surface area contributed by atoms with Gasteiger partial charge in [0.2, 0.25) is 0 Å². The lowest BCUT2D eigenvalue weighted by atomic mass is 10.1. The number of fused-ring (bicyclic) bond motifs is 1. The maximum Gasteiger partial charge on any atom is 0.156 e. The van der Waals surface area contributed by atoms with Gasteiger partial charge in [0.1, 0.15) is 11.5 Å². The Bertz CT molecular complexity index is 1080. The minimum absolute atomic E-state index is 0.246. The lowest BCUT2D eigenvalue weighted by molar-refractivity contribution is 0.390. The molecule has 4 rings (SSSR count). The molecule has 2 aromatic heterocycles. The fraction of sp³-hybridized carbons (Fsp3) is 0.0526. The molecule has 0 unspecified atom stereocenters. The third kappa shape index (κ3) is 3.07. The summed E-state index contributed by atoms with van der Waals surface area (Å²) < 4.78 is 18.4. The van der Waals surface area contributed by atoms with Crippen LogP contribution >= 0.6 is 11.6 Å². The number of hydrogen-bond acceptors (Lipinski definition) is 5. The van der Waals surface area contributed by atoms with E-state index < -0.39 is 0 Å². The van der Waals surface area contributed by atoms with Crippen LogP contribution in [-0.2, 0) is 6.54 Å². The number of anilines is 2. The minimum Gasteiger partial charge on any atom is -0.395 e. The van der Waals surface area contributed by atoms with Crippen molar-refractivity contribution in [2.75, 3.05) is 11.1 Å². The first-order chi connectivity index (χ1) is 12.6. The van der Waals surface area contributed by atoms with Crippen molar-refractivity contribution in [3.63, 3.8) is 0 Å². The van der Waals surface area contributed by atoms with Crippen molar-refractivity contribution in [3.05, 3.63) is 71.3 Å². The molecule has 0 saturated heterocycles. The zero-order valence-electron chi connectivity index (χ0n) is 13.5. The molecular weight excluding hydrogens is 355 g/mol. The number of benzene rings is 2. The largest absolute Gasteiger partial charge is 0.395 e. The number of rotatable bonds is 4. The normalized spacial score (nSPS) is 11.0. The van der Waals surface area contributed by atoms with Crippen LogP contribution in [0.1, 0.15) is 5.76 Å². The summed E-state index contributed by atoms with van der Waals surface area (Å²) in [6.45, 7) is 0.364. The first kappa shape index (κ1) is 16.4. The first-order valence-electron chi connectivity index (χ1n) is 7.91. The van der Waals surface area contributed by atoms with Crippen LogP contribution in [0.4, 0.5) is 15.8 Å². The fourth-order valence-corrected chi connectivity index (χ4v) is 2.90. The monoisotopic (exact) mass is 368 g/mol. The maximum atomic E-state index is 13.0. The molecule has 0 bridgehead atoms. The van der Waals surface area contributed by atoms with Gasteiger partial charge in [0.15, 0.2) is 10.9 Å². The Balaban J connectivity index is 1.59. The summed E-state index contributed by atoms with van der Waals surface area (Å²) in [5, 5.41) is 8.38. The lowest BCUT2D eigenvalue weighted by Crippen LogP contribution is -2.04. The van der Waals surface area contributed by atoms with E-state index in [-0.39, 0.29) is 11.0 Å². The highest BCUT2D eigenvalue weighted by Gasteiger charge is 2.12. The van der Waals surface area contributed by atoms with Gasteiger partial charge in [0, 0.05) is 17.0 Å². The number of hydrogen-bond donors (Lipinski definition) is 2. The average Bonchev–Trinajstić information content (AvgIpc) is 3.12. The van der Waals surface area contributed by atoms with E-state index in [0.29, 0.717) is 29.4 Å². The Labute approximate surface area is 153 Å². The van der Waals surface area contributed by atoms with Gasteiger partial charge in [-0.25, -0.2) is 9.37 Å². The van der Waals surface area contributed by atoms with Gasteiger partial charge in [0.25, 0.3) is 0 Å². The van der Waals surface area contributed by atoms with Crippen LogP contribution in [-0.4, -0.2) is 10.1 Å². The van der Waals surface area contributed by atoms with E-state index in [1.807, 2.05) is 24.3 Å². The summed E-state index contributed by atoms with van der Waals surface area (Å²) in [6.07, 6.45) is 0. The fourth-order valence-electron chi connectivity index (χ4n) is 2.72. The Morgan fingerprint density at radius 3 is 2.69 bits per heavy atom.